The third-order valence-electron chi connectivity index (χ3n) is 3.18. The zero-order valence-corrected chi connectivity index (χ0v) is 9.95. The van der Waals surface area contributed by atoms with E-state index in [1.165, 1.54) is 19.3 Å². The van der Waals surface area contributed by atoms with Crippen LogP contribution in [0.1, 0.15) is 40.0 Å². The summed E-state index contributed by atoms with van der Waals surface area (Å²) in [7, 11) is 0. The smallest absolute Gasteiger partial charge is 0.203 e. The van der Waals surface area contributed by atoms with Gasteiger partial charge in [-0.25, -0.2) is 4.98 Å². The Hall–Kier alpha value is -0.990. The number of anilines is 1. The molecular weight excluding hydrogens is 186 g/mol. The lowest BCUT2D eigenvalue weighted by Crippen LogP contribution is -2.20. The summed E-state index contributed by atoms with van der Waals surface area (Å²) < 4.78 is 2.24. The van der Waals surface area contributed by atoms with Gasteiger partial charge in [-0.2, -0.15) is 0 Å². The lowest BCUT2D eigenvalue weighted by Gasteiger charge is -2.24. The molecule has 1 fully saturated rings. The molecule has 0 unspecified atom stereocenters. The summed E-state index contributed by atoms with van der Waals surface area (Å²) in [5.74, 6) is 1.04. The molecule has 1 aliphatic carbocycles. The van der Waals surface area contributed by atoms with Gasteiger partial charge in [0.1, 0.15) is 0 Å². The maximum Gasteiger partial charge on any atom is 0.203 e. The highest BCUT2D eigenvalue weighted by Gasteiger charge is 2.24. The monoisotopic (exact) mass is 207 g/mol. The van der Waals surface area contributed by atoms with E-state index in [9.17, 15) is 0 Å². The highest BCUT2D eigenvalue weighted by atomic mass is 15.2. The molecule has 1 aromatic rings. The highest BCUT2D eigenvalue weighted by molar-refractivity contribution is 5.29. The quantitative estimate of drug-likeness (QED) is 0.804. The zero-order valence-electron chi connectivity index (χ0n) is 9.95. The molecule has 15 heavy (non-hydrogen) atoms. The van der Waals surface area contributed by atoms with Gasteiger partial charge in [0.05, 0.1) is 0 Å². The van der Waals surface area contributed by atoms with Gasteiger partial charge in [-0.1, -0.05) is 20.8 Å². The number of nitrogens with one attached hydrogen (secondary N) is 1. The summed E-state index contributed by atoms with van der Waals surface area (Å²) in [4.78, 5) is 4.37. The Morgan fingerprint density at radius 3 is 2.87 bits per heavy atom. The van der Waals surface area contributed by atoms with E-state index in [4.69, 9.17) is 0 Å². The van der Waals surface area contributed by atoms with Crippen molar-refractivity contribution < 1.29 is 0 Å². The molecule has 1 aromatic heterocycles. The van der Waals surface area contributed by atoms with E-state index in [1.807, 2.05) is 6.20 Å². The first-order chi connectivity index (χ1) is 7.11. The predicted octanol–water partition coefficient (Wildman–Crippen LogP) is 2.89. The second kappa shape index (κ2) is 3.87. The summed E-state index contributed by atoms with van der Waals surface area (Å²) in [6.45, 7) is 7.88. The van der Waals surface area contributed by atoms with Crippen LogP contribution in [-0.2, 0) is 6.54 Å². The van der Waals surface area contributed by atoms with Crippen molar-refractivity contribution >= 4 is 5.95 Å². The average molecular weight is 207 g/mol. The number of rotatable bonds is 5. The topological polar surface area (TPSA) is 29.9 Å². The van der Waals surface area contributed by atoms with Gasteiger partial charge in [0.15, 0.2) is 0 Å². The Kier molecular flexibility index (Phi) is 2.72. The van der Waals surface area contributed by atoms with Crippen LogP contribution in [0.15, 0.2) is 12.4 Å². The van der Waals surface area contributed by atoms with Crippen LogP contribution < -0.4 is 5.32 Å². The molecule has 0 radical (unpaired) electrons. The van der Waals surface area contributed by atoms with E-state index in [-0.39, 0.29) is 0 Å². The summed E-state index contributed by atoms with van der Waals surface area (Å²) in [6.07, 6.45) is 7.74. The van der Waals surface area contributed by atoms with Gasteiger partial charge >= 0.3 is 0 Å². The van der Waals surface area contributed by atoms with Crippen LogP contribution in [0.5, 0.6) is 0 Å². The standard InChI is InChI=1S/C12H21N3/c1-4-12(2,3)9-15-8-7-13-11(15)14-10-5-6-10/h7-8,10H,4-6,9H2,1-3H3,(H,13,14). The molecule has 84 valence electrons. The normalized spacial score (nSPS) is 16.7. The Morgan fingerprint density at radius 1 is 1.53 bits per heavy atom. The summed E-state index contributed by atoms with van der Waals surface area (Å²) in [5.41, 5.74) is 0.348. The second-order valence-corrected chi connectivity index (χ2v) is 5.32. The van der Waals surface area contributed by atoms with Gasteiger partial charge in [-0.05, 0) is 24.7 Å². The number of hydrogen-bond donors (Lipinski definition) is 1. The fourth-order valence-corrected chi connectivity index (χ4v) is 1.56. The van der Waals surface area contributed by atoms with Gasteiger partial charge in [-0.15, -0.1) is 0 Å². The van der Waals surface area contributed by atoms with Crippen LogP contribution >= 0.6 is 0 Å². The Labute approximate surface area is 91.9 Å². The SMILES string of the molecule is CCC(C)(C)Cn1ccnc1NC1CC1. The molecule has 1 saturated carbocycles. The van der Waals surface area contributed by atoms with Crippen LogP contribution in [0.4, 0.5) is 5.95 Å². The van der Waals surface area contributed by atoms with Crippen molar-refractivity contribution in [1.82, 2.24) is 9.55 Å². The molecule has 0 bridgehead atoms. The predicted molar refractivity (Wildman–Crippen MR) is 62.9 cm³/mol. The molecule has 0 saturated heterocycles. The van der Waals surface area contributed by atoms with Gasteiger partial charge in [-0.3, -0.25) is 0 Å². The van der Waals surface area contributed by atoms with Gasteiger partial charge in [0, 0.05) is 25.0 Å². The van der Waals surface area contributed by atoms with E-state index in [2.05, 4.69) is 41.8 Å². The van der Waals surface area contributed by atoms with E-state index in [1.54, 1.807) is 0 Å². The van der Waals surface area contributed by atoms with Crippen LogP contribution in [-0.4, -0.2) is 15.6 Å². The first-order valence-corrected chi connectivity index (χ1v) is 5.88. The number of aromatic nitrogens is 2. The second-order valence-electron chi connectivity index (χ2n) is 5.32. The minimum absolute atomic E-state index is 0.348. The van der Waals surface area contributed by atoms with E-state index in [0.717, 1.165) is 12.5 Å². The molecule has 1 heterocycles. The molecule has 0 spiro atoms. The third kappa shape index (κ3) is 2.74. The van der Waals surface area contributed by atoms with Crippen LogP contribution in [0.25, 0.3) is 0 Å². The molecule has 3 heteroatoms. The largest absolute Gasteiger partial charge is 0.353 e. The van der Waals surface area contributed by atoms with Crippen molar-refractivity contribution in [2.75, 3.05) is 5.32 Å². The number of imidazole rings is 1. The molecule has 1 aliphatic rings. The molecule has 3 nitrogen and oxygen atoms in total. The van der Waals surface area contributed by atoms with Crippen LogP contribution in [0.3, 0.4) is 0 Å². The molecule has 0 atom stereocenters. The maximum atomic E-state index is 4.37. The van der Waals surface area contributed by atoms with Crippen LogP contribution in [0, 0.1) is 5.41 Å². The fraction of sp³-hybridized carbons (Fsp3) is 0.750. The highest BCUT2D eigenvalue weighted by Crippen LogP contribution is 2.27. The van der Waals surface area contributed by atoms with Crippen molar-refractivity contribution in [2.24, 2.45) is 5.41 Å². The van der Waals surface area contributed by atoms with E-state index >= 15 is 0 Å². The van der Waals surface area contributed by atoms with Crippen LogP contribution in [0.2, 0.25) is 0 Å². The third-order valence-corrected chi connectivity index (χ3v) is 3.18. The first kappa shape index (κ1) is 10.5. The number of hydrogen-bond acceptors (Lipinski definition) is 2. The zero-order chi connectivity index (χ0) is 10.9. The minimum Gasteiger partial charge on any atom is -0.353 e. The van der Waals surface area contributed by atoms with E-state index < -0.39 is 0 Å². The fourth-order valence-electron chi connectivity index (χ4n) is 1.56. The first-order valence-electron chi connectivity index (χ1n) is 5.88. The number of nitrogens with zero attached hydrogens (tertiary/aromatic N) is 2. The lowest BCUT2D eigenvalue weighted by atomic mass is 9.90. The van der Waals surface area contributed by atoms with E-state index in [0.29, 0.717) is 11.5 Å². The molecule has 0 amide bonds. The van der Waals surface area contributed by atoms with Crippen molar-refractivity contribution in [2.45, 2.75) is 52.6 Å². The summed E-state index contributed by atoms with van der Waals surface area (Å²) in [6, 6.07) is 0.677. The molecular formula is C12H21N3. The van der Waals surface area contributed by atoms with Crippen molar-refractivity contribution in [3.8, 4) is 0 Å². The van der Waals surface area contributed by atoms with Crippen molar-refractivity contribution in [1.29, 1.82) is 0 Å². The minimum atomic E-state index is 0.348. The van der Waals surface area contributed by atoms with Gasteiger partial charge < -0.3 is 9.88 Å². The molecule has 2 rings (SSSR count). The summed E-state index contributed by atoms with van der Waals surface area (Å²) >= 11 is 0. The molecule has 0 aliphatic heterocycles. The lowest BCUT2D eigenvalue weighted by molar-refractivity contribution is 0.296. The molecule has 1 N–H and O–H groups in total. The Bertz CT molecular complexity index is 323. The average Bonchev–Trinajstić information content (AvgIpc) is 2.90. The molecule has 0 aromatic carbocycles. The maximum absolute atomic E-state index is 4.37. The van der Waals surface area contributed by atoms with Crippen molar-refractivity contribution in [3.63, 3.8) is 0 Å². The Morgan fingerprint density at radius 2 is 2.27 bits per heavy atom. The summed E-state index contributed by atoms with van der Waals surface area (Å²) in [5, 5.41) is 3.46. The van der Waals surface area contributed by atoms with Gasteiger partial charge in [0.25, 0.3) is 0 Å². The Balaban J connectivity index is 2.03. The van der Waals surface area contributed by atoms with Gasteiger partial charge in [0.2, 0.25) is 5.95 Å². The van der Waals surface area contributed by atoms with Crippen molar-refractivity contribution in [3.05, 3.63) is 12.4 Å².